The molecule has 0 unspecified atom stereocenters. The van der Waals surface area contributed by atoms with Gasteiger partial charge in [-0.25, -0.2) is 9.97 Å². The van der Waals surface area contributed by atoms with Gasteiger partial charge in [-0.2, -0.15) is 0 Å². The van der Waals surface area contributed by atoms with Crippen LogP contribution in [-0.4, -0.2) is 35.9 Å². The van der Waals surface area contributed by atoms with Crippen molar-refractivity contribution in [1.82, 2.24) is 29.4 Å². The lowest BCUT2D eigenvalue weighted by molar-refractivity contribution is 0.569. The topological polar surface area (TPSA) is 72.9 Å². The fraction of sp³-hybridized carbons (Fsp3) is 0.273. The Morgan fingerprint density at radius 1 is 1.26 bits per heavy atom. The van der Waals surface area contributed by atoms with E-state index in [-0.39, 0.29) is 0 Å². The van der Waals surface area contributed by atoms with Crippen LogP contribution in [0.3, 0.4) is 0 Å². The molecule has 3 aromatic heterocycles. The molecule has 3 aromatic rings. The monoisotopic (exact) mass is 321 g/mol. The number of aromatic nitrogens is 6. The lowest BCUT2D eigenvalue weighted by Gasteiger charge is -2.07. The second kappa shape index (κ2) is 5.35. The first-order valence-corrected chi connectivity index (χ1v) is 6.69. The fourth-order valence-corrected chi connectivity index (χ4v) is 2.22. The molecule has 8 heteroatoms. The highest BCUT2D eigenvalue weighted by Gasteiger charge is 2.05. The molecule has 0 fully saturated rings. The highest BCUT2D eigenvalue weighted by Crippen LogP contribution is 2.16. The number of hydrogen-bond acceptors (Lipinski definition) is 5. The van der Waals surface area contributed by atoms with Gasteiger partial charge in [0.25, 0.3) is 0 Å². The Morgan fingerprint density at radius 2 is 2.21 bits per heavy atom. The SMILES string of the molecule is Brc1cn2ccnc2c(NCCCn2ccnn2)n1. The summed E-state index contributed by atoms with van der Waals surface area (Å²) >= 11 is 3.39. The smallest absolute Gasteiger partial charge is 0.180 e. The molecule has 0 aliphatic rings. The molecule has 0 saturated heterocycles. The predicted octanol–water partition coefficient (Wildman–Crippen LogP) is 1.59. The number of fused-ring (bicyclic) bond motifs is 1. The van der Waals surface area contributed by atoms with Crippen LogP contribution in [0.25, 0.3) is 5.65 Å². The number of rotatable bonds is 5. The average Bonchev–Trinajstić information content (AvgIpc) is 3.04. The van der Waals surface area contributed by atoms with E-state index in [2.05, 4.69) is 41.5 Å². The van der Waals surface area contributed by atoms with Crippen molar-refractivity contribution in [2.75, 3.05) is 11.9 Å². The number of halogens is 1. The van der Waals surface area contributed by atoms with Crippen molar-refractivity contribution in [2.24, 2.45) is 0 Å². The van der Waals surface area contributed by atoms with Crippen molar-refractivity contribution in [3.63, 3.8) is 0 Å². The molecule has 0 atom stereocenters. The maximum atomic E-state index is 4.40. The second-order valence-corrected chi connectivity index (χ2v) is 4.83. The first-order chi connectivity index (χ1) is 9.33. The zero-order valence-electron chi connectivity index (χ0n) is 10.1. The zero-order chi connectivity index (χ0) is 13.1. The third kappa shape index (κ3) is 2.73. The van der Waals surface area contributed by atoms with Gasteiger partial charge in [-0.15, -0.1) is 5.10 Å². The summed E-state index contributed by atoms with van der Waals surface area (Å²) in [6.07, 6.45) is 9.99. The molecule has 0 spiro atoms. The fourth-order valence-electron chi connectivity index (χ4n) is 1.82. The van der Waals surface area contributed by atoms with Crippen molar-refractivity contribution in [3.8, 4) is 0 Å². The van der Waals surface area contributed by atoms with Crippen LogP contribution in [0.4, 0.5) is 5.82 Å². The Bertz CT molecular complexity index is 661. The van der Waals surface area contributed by atoms with Gasteiger partial charge in [0.15, 0.2) is 11.5 Å². The number of aryl methyl sites for hydroxylation is 1. The van der Waals surface area contributed by atoms with Gasteiger partial charge in [0.1, 0.15) is 4.60 Å². The van der Waals surface area contributed by atoms with Gasteiger partial charge in [0.05, 0.1) is 6.20 Å². The van der Waals surface area contributed by atoms with Gasteiger partial charge in [-0.1, -0.05) is 5.21 Å². The third-order valence-electron chi connectivity index (χ3n) is 2.67. The van der Waals surface area contributed by atoms with E-state index in [1.165, 1.54) is 0 Å². The van der Waals surface area contributed by atoms with Crippen LogP contribution in [0.1, 0.15) is 6.42 Å². The van der Waals surface area contributed by atoms with E-state index in [0.29, 0.717) is 0 Å². The van der Waals surface area contributed by atoms with Crippen LogP contribution in [0.5, 0.6) is 0 Å². The van der Waals surface area contributed by atoms with E-state index < -0.39 is 0 Å². The molecule has 19 heavy (non-hydrogen) atoms. The molecule has 0 amide bonds. The molecule has 0 saturated carbocycles. The Labute approximate surface area is 117 Å². The minimum Gasteiger partial charge on any atom is -0.367 e. The Balaban J connectivity index is 1.63. The van der Waals surface area contributed by atoms with Gasteiger partial charge < -0.3 is 9.72 Å². The Hall–Kier alpha value is -1.96. The van der Waals surface area contributed by atoms with Gasteiger partial charge in [-0.3, -0.25) is 4.68 Å². The van der Waals surface area contributed by atoms with Gasteiger partial charge in [0, 0.05) is 37.9 Å². The molecule has 0 radical (unpaired) electrons. The molecule has 98 valence electrons. The average molecular weight is 322 g/mol. The van der Waals surface area contributed by atoms with Crippen LogP contribution in [0, 0.1) is 0 Å². The van der Waals surface area contributed by atoms with Crippen molar-refractivity contribution < 1.29 is 0 Å². The summed E-state index contributed by atoms with van der Waals surface area (Å²) in [7, 11) is 0. The van der Waals surface area contributed by atoms with E-state index in [1.54, 1.807) is 17.1 Å². The maximum Gasteiger partial charge on any atom is 0.180 e. The predicted molar refractivity (Wildman–Crippen MR) is 73.8 cm³/mol. The minimum absolute atomic E-state index is 0.775. The summed E-state index contributed by atoms with van der Waals surface area (Å²) < 4.78 is 4.51. The number of anilines is 1. The number of hydrogen-bond donors (Lipinski definition) is 1. The van der Waals surface area contributed by atoms with Crippen LogP contribution in [0.2, 0.25) is 0 Å². The summed E-state index contributed by atoms with van der Waals surface area (Å²) in [4.78, 5) is 8.67. The van der Waals surface area contributed by atoms with Gasteiger partial charge in [-0.05, 0) is 22.4 Å². The number of nitrogens with zero attached hydrogens (tertiary/aromatic N) is 6. The molecule has 0 aliphatic heterocycles. The number of imidazole rings is 1. The van der Waals surface area contributed by atoms with Crippen LogP contribution in [-0.2, 0) is 6.54 Å². The molecule has 3 heterocycles. The molecule has 0 aliphatic carbocycles. The molecular formula is C11H12BrN7. The highest BCUT2D eigenvalue weighted by molar-refractivity contribution is 9.10. The molecule has 0 bridgehead atoms. The summed E-state index contributed by atoms with van der Waals surface area (Å²) in [6, 6.07) is 0. The summed E-state index contributed by atoms with van der Waals surface area (Å²) in [5, 5.41) is 11.0. The zero-order valence-corrected chi connectivity index (χ0v) is 11.7. The van der Waals surface area contributed by atoms with Gasteiger partial charge in [0.2, 0.25) is 0 Å². The van der Waals surface area contributed by atoms with Crippen molar-refractivity contribution in [1.29, 1.82) is 0 Å². The third-order valence-corrected chi connectivity index (χ3v) is 3.06. The normalized spacial score (nSPS) is 11.0. The van der Waals surface area contributed by atoms with E-state index in [0.717, 1.165) is 35.6 Å². The molecular weight excluding hydrogens is 310 g/mol. The lowest BCUT2D eigenvalue weighted by atomic mass is 10.4. The number of nitrogens with one attached hydrogen (secondary N) is 1. The Kier molecular flexibility index (Phi) is 3.41. The van der Waals surface area contributed by atoms with Crippen molar-refractivity contribution in [2.45, 2.75) is 13.0 Å². The molecule has 7 nitrogen and oxygen atoms in total. The van der Waals surface area contributed by atoms with Gasteiger partial charge >= 0.3 is 0 Å². The van der Waals surface area contributed by atoms with Crippen LogP contribution < -0.4 is 5.32 Å². The molecule has 3 rings (SSSR count). The summed E-state index contributed by atoms with van der Waals surface area (Å²) in [5.41, 5.74) is 0.823. The Morgan fingerprint density at radius 3 is 3.05 bits per heavy atom. The summed E-state index contributed by atoms with van der Waals surface area (Å²) in [6.45, 7) is 1.62. The summed E-state index contributed by atoms with van der Waals surface area (Å²) in [5.74, 6) is 0.776. The minimum atomic E-state index is 0.775. The standard InChI is InChI=1S/C11H12BrN7/c12-9-8-18-6-3-14-11(18)10(16-9)13-2-1-5-19-7-4-15-17-19/h3-4,6-8H,1-2,5H2,(H,13,16). The molecule has 0 aromatic carbocycles. The van der Waals surface area contributed by atoms with E-state index >= 15 is 0 Å². The first-order valence-electron chi connectivity index (χ1n) is 5.90. The second-order valence-electron chi connectivity index (χ2n) is 4.02. The quantitative estimate of drug-likeness (QED) is 0.722. The van der Waals surface area contributed by atoms with Crippen molar-refractivity contribution >= 4 is 27.4 Å². The largest absolute Gasteiger partial charge is 0.367 e. The molecule has 1 N–H and O–H groups in total. The van der Waals surface area contributed by atoms with E-state index in [9.17, 15) is 0 Å². The van der Waals surface area contributed by atoms with Crippen LogP contribution in [0.15, 0.2) is 35.6 Å². The van der Waals surface area contributed by atoms with E-state index in [1.807, 2.05) is 23.0 Å². The first kappa shape index (κ1) is 12.1. The lowest BCUT2D eigenvalue weighted by Crippen LogP contribution is -2.09. The van der Waals surface area contributed by atoms with Crippen LogP contribution >= 0.6 is 15.9 Å². The highest BCUT2D eigenvalue weighted by atomic mass is 79.9. The van der Waals surface area contributed by atoms with Crippen molar-refractivity contribution in [3.05, 3.63) is 35.6 Å². The van der Waals surface area contributed by atoms with E-state index in [4.69, 9.17) is 0 Å². The maximum absolute atomic E-state index is 4.40.